The summed E-state index contributed by atoms with van der Waals surface area (Å²) in [4.78, 5) is 59.8. The van der Waals surface area contributed by atoms with Crippen LogP contribution in [0.5, 0.6) is 11.5 Å². The molecule has 0 spiro atoms. The second kappa shape index (κ2) is 12.1. The van der Waals surface area contributed by atoms with E-state index in [4.69, 9.17) is 4.74 Å². The average Bonchev–Trinajstić information content (AvgIpc) is 3.53. The highest BCUT2D eigenvalue weighted by Crippen LogP contribution is 2.65. The molecule has 6 unspecified atom stereocenters. The van der Waals surface area contributed by atoms with Gasteiger partial charge in [0.15, 0.2) is 0 Å². The molecule has 4 aromatic carbocycles. The monoisotopic (exact) mass is 679 g/mol. The summed E-state index contributed by atoms with van der Waals surface area (Å²) in [6.45, 7) is 5.75. The molecule has 9 heteroatoms. The fraction of sp³-hybridized carbons (Fsp3) is 0.238. The number of imide groups is 2. The van der Waals surface area contributed by atoms with Gasteiger partial charge in [-0.3, -0.25) is 29.5 Å². The lowest BCUT2D eigenvalue weighted by Gasteiger charge is -2.50. The second-order valence-corrected chi connectivity index (χ2v) is 13.8. The maximum Gasteiger partial charge on any atom is 0.260 e. The van der Waals surface area contributed by atoms with Gasteiger partial charge in [0, 0.05) is 17.5 Å². The maximum atomic E-state index is 15.2. The molecule has 0 bridgehead atoms. The molecule has 51 heavy (non-hydrogen) atoms. The number of rotatable bonds is 7. The van der Waals surface area contributed by atoms with Crippen LogP contribution >= 0.6 is 0 Å². The van der Waals surface area contributed by atoms with Gasteiger partial charge in [0.05, 0.1) is 41.7 Å². The second-order valence-electron chi connectivity index (χ2n) is 13.8. The van der Waals surface area contributed by atoms with E-state index < -0.39 is 46.8 Å². The summed E-state index contributed by atoms with van der Waals surface area (Å²) in [7, 11) is 1.50. The highest BCUT2D eigenvalue weighted by atomic mass is 16.5. The highest BCUT2D eigenvalue weighted by Gasteiger charge is 2.70. The van der Waals surface area contributed by atoms with Crippen molar-refractivity contribution in [3.8, 4) is 11.5 Å². The first-order chi connectivity index (χ1) is 24.7. The summed E-state index contributed by atoms with van der Waals surface area (Å²) in [5, 5.41) is 12.8. The Labute approximate surface area is 295 Å². The fourth-order valence-electron chi connectivity index (χ4n) is 9.00. The average molecular weight is 680 g/mol. The summed E-state index contributed by atoms with van der Waals surface area (Å²) >= 11 is 0. The first kappa shape index (κ1) is 32.3. The Hall–Kier alpha value is -5.96. The lowest BCUT2D eigenvalue weighted by molar-refractivity contribution is -0.138. The molecule has 9 nitrogen and oxygen atoms in total. The molecule has 0 radical (unpaired) electrons. The van der Waals surface area contributed by atoms with E-state index in [1.54, 1.807) is 30.3 Å². The summed E-state index contributed by atoms with van der Waals surface area (Å²) in [6, 6.07) is 28.7. The van der Waals surface area contributed by atoms with Crippen LogP contribution in [0.4, 0.5) is 11.4 Å². The number of amides is 4. The number of nitrogens with zero attached hydrogens (tertiary/aromatic N) is 2. The highest BCUT2D eigenvalue weighted by molar-refractivity contribution is 6.22. The molecule has 2 N–H and O–H groups in total. The minimum absolute atomic E-state index is 0.0972. The van der Waals surface area contributed by atoms with Crippen molar-refractivity contribution in [1.29, 1.82) is 0 Å². The van der Waals surface area contributed by atoms with Crippen molar-refractivity contribution in [2.75, 3.05) is 17.4 Å². The minimum atomic E-state index is -1.48. The predicted molar refractivity (Wildman–Crippen MR) is 192 cm³/mol. The number of benzene rings is 4. The molecular weight excluding hydrogens is 642 g/mol. The van der Waals surface area contributed by atoms with Crippen molar-refractivity contribution in [2.45, 2.75) is 31.1 Å². The van der Waals surface area contributed by atoms with E-state index in [1.165, 1.54) is 18.1 Å². The van der Waals surface area contributed by atoms with E-state index in [0.717, 1.165) is 21.7 Å². The van der Waals surface area contributed by atoms with E-state index >= 15 is 4.79 Å². The molecule has 3 fully saturated rings. The number of hydrazine groups is 1. The van der Waals surface area contributed by atoms with E-state index in [9.17, 15) is 19.5 Å². The third-order valence-corrected chi connectivity index (χ3v) is 11.3. The number of hydrogen-bond acceptors (Lipinski definition) is 7. The zero-order chi connectivity index (χ0) is 35.6. The smallest absolute Gasteiger partial charge is 0.260 e. The number of carbonyl (C=O) groups excluding carboxylic acids is 4. The third-order valence-electron chi connectivity index (χ3n) is 11.3. The SMILES string of the molecule is C=Cc1ccc(N2C(=O)C3CC=C4C(CC5C(=O)N(Nc6ccc(C)cc6)C(=O)C5(c5ccccc5)C4c4ccc(OC)cc4O)C3C2=O)cc1. The van der Waals surface area contributed by atoms with Gasteiger partial charge in [0.1, 0.15) is 11.5 Å². The molecular formula is C42H37N3O6. The van der Waals surface area contributed by atoms with Gasteiger partial charge in [0.2, 0.25) is 11.8 Å². The molecule has 4 aromatic rings. The van der Waals surface area contributed by atoms with Gasteiger partial charge >= 0.3 is 0 Å². The lowest BCUT2D eigenvalue weighted by Crippen LogP contribution is -2.53. The summed E-state index contributed by atoms with van der Waals surface area (Å²) in [6.07, 6.45) is 4.11. The number of aromatic hydroxyl groups is 1. The Bertz CT molecular complexity index is 2130. The van der Waals surface area contributed by atoms with Gasteiger partial charge in [-0.2, -0.15) is 5.01 Å². The van der Waals surface area contributed by atoms with Crippen molar-refractivity contribution in [2.24, 2.45) is 23.7 Å². The number of methoxy groups -OCH3 is 1. The van der Waals surface area contributed by atoms with Crippen LogP contribution in [0.1, 0.15) is 41.0 Å². The van der Waals surface area contributed by atoms with Gasteiger partial charge < -0.3 is 9.84 Å². The van der Waals surface area contributed by atoms with Gasteiger partial charge in [-0.1, -0.05) is 90.5 Å². The van der Waals surface area contributed by atoms with E-state index in [1.807, 2.05) is 79.7 Å². The summed E-state index contributed by atoms with van der Waals surface area (Å²) in [5.41, 5.74) is 6.37. The van der Waals surface area contributed by atoms with Crippen LogP contribution < -0.4 is 15.1 Å². The van der Waals surface area contributed by atoms with Gasteiger partial charge in [-0.25, -0.2) is 0 Å². The number of aryl methyl sites for hydroxylation is 1. The Kier molecular flexibility index (Phi) is 7.67. The standard InChI is InChI=1S/C42H37N3O6/c1-4-25-12-16-28(17-13-25)44-38(47)32-21-20-30-33(36(32)40(44)49)23-34-39(48)45(43-27-14-10-24(2)11-15-27)41(50)42(34,26-8-6-5-7-9-26)37(30)31-19-18-29(51-3)22-35(31)46/h4-20,22,32-34,36-37,43,46H,1,21,23H2,2-3H3. The third kappa shape index (κ3) is 4.75. The van der Waals surface area contributed by atoms with E-state index in [-0.39, 0.29) is 30.4 Å². The Balaban J connectivity index is 1.31. The number of carbonyl (C=O) groups is 4. The normalized spacial score (nSPS) is 26.7. The number of phenols is 1. The van der Waals surface area contributed by atoms with Crippen molar-refractivity contribution < 1.29 is 29.0 Å². The molecule has 2 aliphatic carbocycles. The van der Waals surface area contributed by atoms with Crippen LogP contribution in [0, 0.1) is 30.6 Å². The Morgan fingerprint density at radius 2 is 1.61 bits per heavy atom. The summed E-state index contributed by atoms with van der Waals surface area (Å²) < 4.78 is 5.41. The molecule has 1 saturated carbocycles. The molecule has 2 saturated heterocycles. The summed E-state index contributed by atoms with van der Waals surface area (Å²) in [5.74, 6) is -4.89. The topological polar surface area (TPSA) is 116 Å². The zero-order valence-electron chi connectivity index (χ0n) is 28.3. The first-order valence-electron chi connectivity index (χ1n) is 17.1. The largest absolute Gasteiger partial charge is 0.508 e. The van der Waals surface area contributed by atoms with Crippen molar-refractivity contribution in [3.05, 3.63) is 138 Å². The number of nitrogens with one attached hydrogen (secondary N) is 1. The van der Waals surface area contributed by atoms with Gasteiger partial charge in [-0.15, -0.1) is 0 Å². The van der Waals surface area contributed by atoms with Gasteiger partial charge in [0.25, 0.3) is 11.8 Å². The number of ether oxygens (including phenoxy) is 1. The van der Waals surface area contributed by atoms with Crippen LogP contribution in [-0.2, 0) is 24.6 Å². The first-order valence-corrected chi connectivity index (χ1v) is 17.1. The zero-order valence-corrected chi connectivity index (χ0v) is 28.3. The molecule has 2 aliphatic heterocycles. The molecule has 4 amide bonds. The fourth-order valence-corrected chi connectivity index (χ4v) is 9.00. The molecule has 8 rings (SSSR count). The number of hydrogen-bond donors (Lipinski definition) is 2. The van der Waals surface area contributed by atoms with Gasteiger partial charge in [-0.05, 0) is 67.1 Å². The predicted octanol–water partition coefficient (Wildman–Crippen LogP) is 6.54. The van der Waals surface area contributed by atoms with Crippen LogP contribution in [-0.4, -0.2) is 40.9 Å². The van der Waals surface area contributed by atoms with Crippen LogP contribution in [0.25, 0.3) is 6.08 Å². The maximum absolute atomic E-state index is 15.2. The van der Waals surface area contributed by atoms with Crippen LogP contribution in [0.3, 0.4) is 0 Å². The number of allylic oxidation sites excluding steroid dienone is 2. The van der Waals surface area contributed by atoms with Crippen LogP contribution in [0.15, 0.2) is 115 Å². The van der Waals surface area contributed by atoms with Crippen molar-refractivity contribution >= 4 is 41.1 Å². The quantitative estimate of drug-likeness (QED) is 0.168. The molecule has 4 aliphatic rings. The Morgan fingerprint density at radius 1 is 0.882 bits per heavy atom. The molecule has 0 aromatic heterocycles. The Morgan fingerprint density at radius 3 is 2.27 bits per heavy atom. The number of phenolic OH excluding ortho intramolecular Hbond substituents is 1. The molecule has 6 atom stereocenters. The molecule has 256 valence electrons. The number of anilines is 2. The minimum Gasteiger partial charge on any atom is -0.508 e. The van der Waals surface area contributed by atoms with Crippen LogP contribution in [0.2, 0.25) is 0 Å². The number of fused-ring (bicyclic) bond motifs is 4. The lowest BCUT2D eigenvalue weighted by atomic mass is 9.49. The van der Waals surface area contributed by atoms with E-state index in [0.29, 0.717) is 28.3 Å². The molecule has 2 heterocycles. The van der Waals surface area contributed by atoms with Crippen molar-refractivity contribution in [3.63, 3.8) is 0 Å². The van der Waals surface area contributed by atoms with E-state index in [2.05, 4.69) is 12.0 Å². The van der Waals surface area contributed by atoms with Crippen molar-refractivity contribution in [1.82, 2.24) is 5.01 Å².